The van der Waals surface area contributed by atoms with Crippen LogP contribution in [0.4, 0.5) is 0 Å². The molecule has 3 fully saturated rings. The number of carbonyl (C=O) groups is 3. The Hall–Kier alpha value is -3.39. The first-order chi connectivity index (χ1) is 17.5. The maximum Gasteiger partial charge on any atom is 0.255 e. The number of imide groups is 1. The number of phenolic OH excluding ortho intramolecular Hbond substituents is 1. The third-order valence-electron chi connectivity index (χ3n) is 8.19. The minimum Gasteiger partial charge on any atom is -0.508 e. The van der Waals surface area contributed by atoms with E-state index >= 15 is 0 Å². The van der Waals surface area contributed by atoms with E-state index in [0.29, 0.717) is 36.2 Å². The molecule has 3 amide bonds. The van der Waals surface area contributed by atoms with Gasteiger partial charge in [-0.3, -0.25) is 24.6 Å². The van der Waals surface area contributed by atoms with Crippen molar-refractivity contribution >= 4 is 17.7 Å². The number of benzene rings is 2. The summed E-state index contributed by atoms with van der Waals surface area (Å²) in [5, 5.41) is 11.9. The summed E-state index contributed by atoms with van der Waals surface area (Å²) in [6.07, 6.45) is 5.16. The van der Waals surface area contributed by atoms with Gasteiger partial charge in [0.25, 0.3) is 5.91 Å². The van der Waals surface area contributed by atoms with Gasteiger partial charge in [0, 0.05) is 43.6 Å². The first-order valence-electron chi connectivity index (χ1n) is 12.9. The second kappa shape index (κ2) is 9.24. The number of ether oxygens (including phenoxy) is 1. The van der Waals surface area contributed by atoms with Gasteiger partial charge in [0.15, 0.2) is 0 Å². The molecule has 1 aliphatic carbocycles. The summed E-state index contributed by atoms with van der Waals surface area (Å²) in [6, 6.07) is 12.9. The fourth-order valence-electron chi connectivity index (χ4n) is 6.17. The van der Waals surface area contributed by atoms with Gasteiger partial charge in [-0.05, 0) is 67.1 Å². The zero-order valence-electron chi connectivity index (χ0n) is 20.2. The number of amides is 3. The van der Waals surface area contributed by atoms with Crippen LogP contribution in [0.25, 0.3) is 0 Å². The smallest absolute Gasteiger partial charge is 0.255 e. The molecule has 8 heteroatoms. The van der Waals surface area contributed by atoms with Crippen LogP contribution in [0.1, 0.15) is 65.9 Å². The van der Waals surface area contributed by atoms with Crippen molar-refractivity contribution < 1.29 is 24.2 Å². The minimum atomic E-state index is -0.609. The van der Waals surface area contributed by atoms with Crippen molar-refractivity contribution in [2.24, 2.45) is 0 Å². The van der Waals surface area contributed by atoms with E-state index in [0.717, 1.165) is 43.7 Å². The van der Waals surface area contributed by atoms with Gasteiger partial charge >= 0.3 is 0 Å². The lowest BCUT2D eigenvalue weighted by atomic mass is 9.84. The highest BCUT2D eigenvalue weighted by Gasteiger charge is 2.41. The molecule has 3 aliphatic heterocycles. The van der Waals surface area contributed by atoms with Gasteiger partial charge in [0.1, 0.15) is 23.6 Å². The van der Waals surface area contributed by atoms with Crippen LogP contribution in [0.5, 0.6) is 11.5 Å². The molecule has 0 bridgehead atoms. The van der Waals surface area contributed by atoms with Crippen molar-refractivity contribution in [1.82, 2.24) is 15.1 Å². The largest absolute Gasteiger partial charge is 0.508 e. The molecule has 3 heterocycles. The molecule has 0 radical (unpaired) electrons. The number of nitrogens with one attached hydrogen (secondary N) is 1. The topological polar surface area (TPSA) is 99.2 Å². The lowest BCUT2D eigenvalue weighted by molar-refractivity contribution is -0.136. The molecule has 8 nitrogen and oxygen atoms in total. The van der Waals surface area contributed by atoms with Crippen LogP contribution in [0.15, 0.2) is 42.5 Å². The van der Waals surface area contributed by atoms with Gasteiger partial charge in [-0.2, -0.15) is 0 Å². The highest BCUT2D eigenvalue weighted by molar-refractivity contribution is 6.05. The van der Waals surface area contributed by atoms with Gasteiger partial charge in [-0.25, -0.2) is 0 Å². The standard InChI is InChI=1S/C28H31N3O5/c32-20-7-5-17(6-8-20)19-14-30(15-19)23-3-1-2-4-25(23)36-21-9-10-22-18(13-21)16-31(28(22)35)24-11-12-26(33)29-27(24)34/h5-10,13,19,23-25,32H,1-4,11-12,14-16H2,(H,29,33,34)/t23-,24?,25-/m1/s1. The summed E-state index contributed by atoms with van der Waals surface area (Å²) in [7, 11) is 0. The Morgan fingerprint density at radius 3 is 2.50 bits per heavy atom. The normalized spacial score (nSPS) is 26.9. The number of rotatable bonds is 5. The molecular formula is C28H31N3O5. The number of hydrogen-bond acceptors (Lipinski definition) is 6. The van der Waals surface area contributed by atoms with Crippen molar-refractivity contribution in [2.45, 2.75) is 69.2 Å². The monoisotopic (exact) mass is 489 g/mol. The molecule has 2 aromatic carbocycles. The van der Waals surface area contributed by atoms with Gasteiger partial charge in [0.2, 0.25) is 11.8 Å². The number of nitrogens with zero attached hydrogens (tertiary/aromatic N) is 2. The molecule has 1 unspecified atom stereocenters. The molecule has 0 spiro atoms. The van der Waals surface area contributed by atoms with Gasteiger partial charge < -0.3 is 14.7 Å². The van der Waals surface area contributed by atoms with E-state index in [1.165, 1.54) is 12.0 Å². The van der Waals surface area contributed by atoms with Crippen LogP contribution in [0.2, 0.25) is 0 Å². The third-order valence-corrected chi connectivity index (χ3v) is 8.19. The molecular weight excluding hydrogens is 458 g/mol. The minimum absolute atomic E-state index is 0.0981. The number of fused-ring (bicyclic) bond motifs is 1. The van der Waals surface area contributed by atoms with Crippen LogP contribution < -0.4 is 10.1 Å². The molecule has 2 saturated heterocycles. The Morgan fingerprint density at radius 1 is 0.944 bits per heavy atom. The summed E-state index contributed by atoms with van der Waals surface area (Å²) in [6.45, 7) is 2.34. The SMILES string of the molecule is O=C1CCC(N2Cc3cc(O[C@@H]4CCCC[C@H]4N4CC(c5ccc(O)cc5)C4)ccc3C2=O)C(=O)N1. The zero-order valence-corrected chi connectivity index (χ0v) is 20.2. The third kappa shape index (κ3) is 4.23. The molecule has 188 valence electrons. The van der Waals surface area contributed by atoms with Gasteiger partial charge in [-0.1, -0.05) is 18.6 Å². The van der Waals surface area contributed by atoms with Crippen LogP contribution >= 0.6 is 0 Å². The first-order valence-corrected chi connectivity index (χ1v) is 12.9. The second-order valence-electron chi connectivity index (χ2n) is 10.5. The van der Waals surface area contributed by atoms with Crippen LogP contribution in [0.3, 0.4) is 0 Å². The lowest BCUT2D eigenvalue weighted by Crippen LogP contribution is -2.57. The van der Waals surface area contributed by atoms with E-state index in [4.69, 9.17) is 4.74 Å². The molecule has 3 atom stereocenters. The van der Waals surface area contributed by atoms with E-state index in [2.05, 4.69) is 10.2 Å². The summed E-state index contributed by atoms with van der Waals surface area (Å²) in [4.78, 5) is 40.9. The van der Waals surface area contributed by atoms with E-state index in [1.807, 2.05) is 24.3 Å². The van der Waals surface area contributed by atoms with Crippen molar-refractivity contribution in [3.63, 3.8) is 0 Å². The number of aromatic hydroxyl groups is 1. The molecule has 6 rings (SSSR count). The molecule has 2 aromatic rings. The second-order valence-corrected chi connectivity index (χ2v) is 10.5. The summed E-state index contributed by atoms with van der Waals surface area (Å²) in [5.74, 6) is 0.704. The van der Waals surface area contributed by atoms with Crippen LogP contribution in [-0.4, -0.2) is 63.9 Å². The number of carbonyl (C=O) groups excluding carboxylic acids is 3. The predicted octanol–water partition coefficient (Wildman–Crippen LogP) is 2.94. The zero-order chi connectivity index (χ0) is 24.8. The fraction of sp³-hybridized carbons (Fsp3) is 0.464. The quantitative estimate of drug-likeness (QED) is 0.627. The van der Waals surface area contributed by atoms with E-state index in [1.54, 1.807) is 23.1 Å². The van der Waals surface area contributed by atoms with E-state index in [9.17, 15) is 19.5 Å². The maximum absolute atomic E-state index is 13.0. The number of piperidine rings is 1. The molecule has 4 aliphatic rings. The van der Waals surface area contributed by atoms with Crippen LogP contribution in [0, 0.1) is 0 Å². The van der Waals surface area contributed by atoms with Crippen molar-refractivity contribution in [1.29, 1.82) is 0 Å². The average Bonchev–Trinajstić information content (AvgIpc) is 3.16. The summed E-state index contributed by atoms with van der Waals surface area (Å²) in [5.41, 5.74) is 2.74. The highest BCUT2D eigenvalue weighted by Crippen LogP contribution is 2.37. The number of likely N-dealkylation sites (tertiary alicyclic amines) is 1. The molecule has 36 heavy (non-hydrogen) atoms. The Labute approximate surface area is 210 Å². The summed E-state index contributed by atoms with van der Waals surface area (Å²) >= 11 is 0. The molecule has 0 aromatic heterocycles. The van der Waals surface area contributed by atoms with Crippen molar-refractivity contribution in [2.75, 3.05) is 13.1 Å². The molecule has 2 N–H and O–H groups in total. The predicted molar refractivity (Wildman–Crippen MR) is 132 cm³/mol. The van der Waals surface area contributed by atoms with Gasteiger partial charge in [-0.15, -0.1) is 0 Å². The van der Waals surface area contributed by atoms with E-state index < -0.39 is 11.9 Å². The maximum atomic E-state index is 13.0. The highest BCUT2D eigenvalue weighted by atomic mass is 16.5. The van der Waals surface area contributed by atoms with Gasteiger partial charge in [0.05, 0.1) is 0 Å². The Bertz CT molecular complexity index is 1190. The first kappa shape index (κ1) is 23.0. The van der Waals surface area contributed by atoms with Crippen LogP contribution in [-0.2, 0) is 16.1 Å². The average molecular weight is 490 g/mol. The van der Waals surface area contributed by atoms with E-state index in [-0.39, 0.29) is 24.3 Å². The Morgan fingerprint density at radius 2 is 1.72 bits per heavy atom. The fourth-order valence-corrected chi connectivity index (χ4v) is 6.17. The lowest BCUT2D eigenvalue weighted by Gasteiger charge is -2.48. The van der Waals surface area contributed by atoms with Crippen molar-refractivity contribution in [3.8, 4) is 11.5 Å². The van der Waals surface area contributed by atoms with Crippen molar-refractivity contribution in [3.05, 3.63) is 59.2 Å². The summed E-state index contributed by atoms with van der Waals surface area (Å²) < 4.78 is 6.53. The Balaban J connectivity index is 1.11. The Kier molecular flexibility index (Phi) is 5.91. The number of hydrogen-bond donors (Lipinski definition) is 2. The number of phenols is 1. The molecule has 1 saturated carbocycles.